The molecule has 0 saturated carbocycles. The van der Waals surface area contributed by atoms with E-state index in [2.05, 4.69) is 31.2 Å². The Balaban J connectivity index is -0.000000234. The fraction of sp³-hybridized carbons (Fsp3) is 0.333. The Labute approximate surface area is 109 Å². The summed E-state index contributed by atoms with van der Waals surface area (Å²) >= 11 is 0. The van der Waals surface area contributed by atoms with Gasteiger partial charge in [-0.2, -0.15) is 6.42 Å². The van der Waals surface area contributed by atoms with E-state index in [4.69, 9.17) is 0 Å². The molecule has 0 fully saturated rings. The normalized spacial score (nSPS) is 7.00. The van der Waals surface area contributed by atoms with E-state index >= 15 is 0 Å². The molecule has 0 nitrogen and oxygen atoms in total. The van der Waals surface area contributed by atoms with Crippen molar-refractivity contribution in [2.75, 3.05) is 0 Å². The van der Waals surface area contributed by atoms with Crippen LogP contribution < -0.4 is 0 Å². The fourth-order valence-corrected chi connectivity index (χ4v) is 0.849. The molecule has 1 heteroatoms. The molecule has 1 aromatic rings. The van der Waals surface area contributed by atoms with Crippen molar-refractivity contribution in [3.8, 4) is 0 Å². The van der Waals surface area contributed by atoms with Crippen molar-refractivity contribution in [3.63, 3.8) is 0 Å². The van der Waals surface area contributed by atoms with Gasteiger partial charge in [-0.25, -0.2) is 0 Å². The summed E-state index contributed by atoms with van der Waals surface area (Å²) in [5.41, 5.74) is 1.38. The van der Waals surface area contributed by atoms with Crippen LogP contribution in [0.15, 0.2) is 30.3 Å². The Morgan fingerprint density at radius 1 is 1.08 bits per heavy atom. The Morgan fingerprint density at radius 3 is 1.92 bits per heavy atom. The summed E-state index contributed by atoms with van der Waals surface area (Å²) in [7, 11) is 0. The van der Waals surface area contributed by atoms with Gasteiger partial charge in [-0.1, -0.05) is 56.2 Å². The van der Waals surface area contributed by atoms with Crippen molar-refractivity contribution in [1.82, 2.24) is 0 Å². The molecule has 1 radical (unpaired) electrons. The van der Waals surface area contributed by atoms with Crippen LogP contribution in [-0.4, -0.2) is 0 Å². The monoisotopic (exact) mass is 253 g/mol. The van der Waals surface area contributed by atoms with E-state index in [1.54, 1.807) is 0 Å². The molecule has 0 aromatic heterocycles. The van der Waals surface area contributed by atoms with Crippen LogP contribution >= 0.6 is 0 Å². The molecule has 0 bridgehead atoms. The quantitative estimate of drug-likeness (QED) is 0.700. The van der Waals surface area contributed by atoms with Crippen molar-refractivity contribution in [2.45, 2.75) is 26.7 Å². The maximum absolute atomic E-state index is 3.78. The predicted octanol–water partition coefficient (Wildman–Crippen LogP) is 3.93. The number of rotatable bonds is 2. The van der Waals surface area contributed by atoms with E-state index < -0.39 is 0 Å². The first-order chi connectivity index (χ1) is 5.43. The van der Waals surface area contributed by atoms with E-state index in [1.165, 1.54) is 5.56 Å². The molecule has 0 heterocycles. The summed E-state index contributed by atoms with van der Waals surface area (Å²) in [6, 6.07) is 10.4. The van der Waals surface area contributed by atoms with Crippen LogP contribution in [-0.2, 0) is 39.1 Å². The van der Waals surface area contributed by atoms with Crippen LogP contribution in [0.3, 0.4) is 0 Å². The molecular weight excluding hydrogens is 233 g/mol. The summed E-state index contributed by atoms with van der Waals surface area (Å²) in [6.45, 7) is 7.78. The van der Waals surface area contributed by atoms with E-state index in [9.17, 15) is 0 Å². The molecule has 0 aliphatic rings. The zero-order valence-electron chi connectivity index (χ0n) is 9.09. The van der Waals surface area contributed by atoms with Crippen LogP contribution in [0.2, 0.25) is 0 Å². The van der Waals surface area contributed by atoms with Crippen molar-refractivity contribution in [3.05, 3.63) is 50.2 Å². The third-order valence-corrected chi connectivity index (χ3v) is 1.31. The summed E-state index contributed by atoms with van der Waals surface area (Å²) in [5, 5.41) is 0. The van der Waals surface area contributed by atoms with Crippen LogP contribution in [0.1, 0.15) is 25.8 Å². The van der Waals surface area contributed by atoms with Gasteiger partial charge in [0, 0.05) is 32.7 Å². The number of hydrogen-bond acceptors (Lipinski definition) is 0. The van der Waals surface area contributed by atoms with E-state index in [0.29, 0.717) is 0 Å². The first-order valence-corrected chi connectivity index (χ1v) is 4.26. The molecule has 0 aliphatic carbocycles. The largest absolute Gasteiger partial charge is 0.358 e. The minimum Gasteiger partial charge on any atom is -0.358 e. The molecule has 0 N–H and O–H groups in total. The van der Waals surface area contributed by atoms with Gasteiger partial charge < -0.3 is 14.4 Å². The minimum absolute atomic E-state index is 0. The van der Waals surface area contributed by atoms with E-state index in [0.717, 1.165) is 12.8 Å². The molecule has 1 rings (SSSR count). The molecule has 0 atom stereocenters. The number of benzene rings is 1. The van der Waals surface area contributed by atoms with Crippen molar-refractivity contribution < 1.29 is 32.7 Å². The van der Waals surface area contributed by atoms with Crippen molar-refractivity contribution in [2.24, 2.45) is 0 Å². The third-order valence-electron chi connectivity index (χ3n) is 1.31. The predicted molar refractivity (Wildman–Crippen MR) is 57.9 cm³/mol. The molecule has 0 saturated heterocycles. The Hall–Kier alpha value is 0.324. The average molecular weight is 253 g/mol. The first kappa shape index (κ1) is 19.0. The summed E-state index contributed by atoms with van der Waals surface area (Å²) in [6.07, 6.45) is 2.09. The Morgan fingerprint density at radius 2 is 1.54 bits per heavy atom. The van der Waals surface area contributed by atoms with Crippen LogP contribution in [0, 0.1) is 14.4 Å². The molecule has 0 spiro atoms. The van der Waals surface area contributed by atoms with Gasteiger partial charge in [0.25, 0.3) is 0 Å². The van der Waals surface area contributed by atoms with Gasteiger partial charge in [0.15, 0.2) is 0 Å². The maximum atomic E-state index is 3.78. The summed E-state index contributed by atoms with van der Waals surface area (Å²) < 4.78 is 0. The molecule has 0 unspecified atom stereocenters. The molecule has 0 amide bonds. The van der Waals surface area contributed by atoms with Crippen molar-refractivity contribution in [1.29, 1.82) is 0 Å². The minimum atomic E-state index is 0. The number of hydrogen-bond donors (Lipinski definition) is 0. The topological polar surface area (TPSA) is 0 Å². The summed E-state index contributed by atoms with van der Waals surface area (Å²) in [5.74, 6) is 0. The van der Waals surface area contributed by atoms with E-state index in [1.807, 2.05) is 19.9 Å². The molecule has 0 aliphatic heterocycles. The summed E-state index contributed by atoms with van der Waals surface area (Å²) in [4.78, 5) is 0. The average Bonchev–Trinajstić information content (AvgIpc) is 2.11. The Kier molecular flexibility index (Phi) is 21.7. The zero-order valence-corrected chi connectivity index (χ0v) is 11.9. The SMILES string of the molecule is CC.[CH2-]CCc1ccccc1.[CH3-].[Y]. The first-order valence-electron chi connectivity index (χ1n) is 4.26. The van der Waals surface area contributed by atoms with Gasteiger partial charge >= 0.3 is 0 Å². The van der Waals surface area contributed by atoms with Gasteiger partial charge in [0.05, 0.1) is 0 Å². The van der Waals surface area contributed by atoms with Gasteiger partial charge in [0.2, 0.25) is 0 Å². The Bertz CT molecular complexity index is 158. The van der Waals surface area contributed by atoms with Gasteiger partial charge in [-0.15, -0.1) is 0 Å². The number of aryl methyl sites for hydroxylation is 1. The molecule has 73 valence electrons. The van der Waals surface area contributed by atoms with Gasteiger partial charge in [0.1, 0.15) is 0 Å². The smallest absolute Gasteiger partial charge is 0 e. The standard InChI is InChI=1S/C9H11.C2H6.CH3.Y/c1-2-6-9-7-4-3-5-8-9;1-2;;/h3-5,7-8H,1-2,6H2;1-2H3;1H3;/q-1;;-1;. The van der Waals surface area contributed by atoms with Crippen molar-refractivity contribution >= 4 is 0 Å². The van der Waals surface area contributed by atoms with Crippen LogP contribution in [0.5, 0.6) is 0 Å². The fourth-order valence-electron chi connectivity index (χ4n) is 0.849. The second-order valence-electron chi connectivity index (χ2n) is 2.09. The maximum Gasteiger partial charge on any atom is 0 e. The van der Waals surface area contributed by atoms with Crippen LogP contribution in [0.4, 0.5) is 0 Å². The molecule has 1 aromatic carbocycles. The molecule has 13 heavy (non-hydrogen) atoms. The van der Waals surface area contributed by atoms with Gasteiger partial charge in [-0.05, 0) is 0 Å². The second kappa shape index (κ2) is 14.8. The molecular formula is C12H20Y-2. The second-order valence-corrected chi connectivity index (χ2v) is 2.09. The third kappa shape index (κ3) is 10.2. The van der Waals surface area contributed by atoms with E-state index in [-0.39, 0.29) is 40.1 Å². The van der Waals surface area contributed by atoms with Crippen LogP contribution in [0.25, 0.3) is 0 Å². The van der Waals surface area contributed by atoms with Gasteiger partial charge in [-0.3, -0.25) is 0 Å². The zero-order chi connectivity index (χ0) is 8.53.